The molecule has 0 aromatic heterocycles. The molecule has 4 heteroatoms. The average molecular weight is 280 g/mol. The second-order valence-corrected chi connectivity index (χ2v) is 6.38. The Labute approximate surface area is 120 Å². The van der Waals surface area contributed by atoms with Crippen LogP contribution in [0.3, 0.4) is 0 Å². The molecular weight excluding hydrogens is 256 g/mol. The molecule has 1 N–H and O–H groups in total. The van der Waals surface area contributed by atoms with Crippen LogP contribution in [0.15, 0.2) is 18.2 Å². The van der Waals surface area contributed by atoms with Crippen LogP contribution in [0.4, 0.5) is 0 Å². The van der Waals surface area contributed by atoms with Gasteiger partial charge in [0.15, 0.2) is 11.5 Å². The summed E-state index contributed by atoms with van der Waals surface area (Å²) < 4.78 is 17.5. The zero-order chi connectivity index (χ0) is 15.0. The second-order valence-electron chi connectivity index (χ2n) is 6.38. The maximum Gasteiger partial charge on any atom is 0.167 e. The molecule has 1 unspecified atom stereocenters. The lowest BCUT2D eigenvalue weighted by molar-refractivity contribution is -0.0849. The molecule has 1 heterocycles. The zero-order valence-electron chi connectivity index (χ0n) is 12.9. The van der Waals surface area contributed by atoms with Gasteiger partial charge in [-0.25, -0.2) is 0 Å². The first-order chi connectivity index (χ1) is 9.29. The van der Waals surface area contributed by atoms with Gasteiger partial charge in [0.05, 0.1) is 19.3 Å². The van der Waals surface area contributed by atoms with E-state index in [0.29, 0.717) is 11.5 Å². The number of benzene rings is 1. The van der Waals surface area contributed by atoms with Crippen LogP contribution in [-0.4, -0.2) is 29.5 Å². The van der Waals surface area contributed by atoms with Crippen LogP contribution in [0, 0.1) is 0 Å². The van der Waals surface area contributed by atoms with Gasteiger partial charge in [0.1, 0.15) is 11.7 Å². The number of aliphatic hydroxyl groups excluding tert-OH is 1. The quantitative estimate of drug-likeness (QED) is 0.921. The molecule has 112 valence electrons. The summed E-state index contributed by atoms with van der Waals surface area (Å²) in [6.45, 7) is 8.10. The van der Waals surface area contributed by atoms with Crippen LogP contribution >= 0.6 is 0 Å². The Morgan fingerprint density at radius 1 is 1.30 bits per heavy atom. The minimum absolute atomic E-state index is 0.0794. The number of ether oxygens (including phenoxy) is 3. The zero-order valence-corrected chi connectivity index (χ0v) is 12.9. The fourth-order valence-corrected chi connectivity index (χ4v) is 2.82. The van der Waals surface area contributed by atoms with Crippen LogP contribution in [0.25, 0.3) is 0 Å². The second kappa shape index (κ2) is 5.26. The number of aliphatic hydroxyl groups is 1. The first kappa shape index (κ1) is 15.1. The van der Waals surface area contributed by atoms with E-state index in [4.69, 9.17) is 14.2 Å². The maximum atomic E-state index is 9.48. The van der Waals surface area contributed by atoms with Gasteiger partial charge in [0.25, 0.3) is 0 Å². The fraction of sp³-hybridized carbons (Fsp3) is 0.625. The monoisotopic (exact) mass is 280 g/mol. The molecule has 2 rings (SSSR count). The standard InChI is InChI=1S/C16H24O4/c1-15(2)9-13(16(3,4)20-15)19-14-11(10-17)7-6-8-12(14)18-5/h6-8,13,17H,9-10H2,1-5H3. The van der Waals surface area contributed by atoms with Crippen molar-refractivity contribution in [2.24, 2.45) is 0 Å². The molecule has 1 atom stereocenters. The summed E-state index contributed by atoms with van der Waals surface area (Å²) in [7, 11) is 1.60. The predicted octanol–water partition coefficient (Wildman–Crippen LogP) is 2.91. The Kier molecular flexibility index (Phi) is 3.98. The van der Waals surface area contributed by atoms with Gasteiger partial charge in [-0.15, -0.1) is 0 Å². The highest BCUT2D eigenvalue weighted by Gasteiger charge is 2.47. The summed E-state index contributed by atoms with van der Waals surface area (Å²) in [5.74, 6) is 1.24. The van der Waals surface area contributed by atoms with Crippen LogP contribution in [0.5, 0.6) is 11.5 Å². The van der Waals surface area contributed by atoms with Crippen LogP contribution in [0.2, 0.25) is 0 Å². The smallest absolute Gasteiger partial charge is 0.167 e. The van der Waals surface area contributed by atoms with Crippen LogP contribution in [0.1, 0.15) is 39.7 Å². The van der Waals surface area contributed by atoms with E-state index in [9.17, 15) is 5.11 Å². The lowest BCUT2D eigenvalue weighted by atomic mass is 9.97. The van der Waals surface area contributed by atoms with Crippen molar-refractivity contribution in [1.29, 1.82) is 0 Å². The third-order valence-electron chi connectivity index (χ3n) is 3.70. The molecule has 0 amide bonds. The number of para-hydroxylation sites is 1. The van der Waals surface area contributed by atoms with Crippen molar-refractivity contribution in [2.45, 2.75) is 58.0 Å². The molecule has 1 aromatic carbocycles. The van der Waals surface area contributed by atoms with Gasteiger partial charge < -0.3 is 19.3 Å². The van der Waals surface area contributed by atoms with Gasteiger partial charge in [-0.2, -0.15) is 0 Å². The van der Waals surface area contributed by atoms with E-state index in [1.54, 1.807) is 7.11 Å². The Morgan fingerprint density at radius 2 is 2.00 bits per heavy atom. The van der Waals surface area contributed by atoms with Gasteiger partial charge in [-0.3, -0.25) is 0 Å². The largest absolute Gasteiger partial charge is 0.493 e. The van der Waals surface area contributed by atoms with E-state index in [0.717, 1.165) is 12.0 Å². The molecule has 0 saturated carbocycles. The number of hydrogen-bond donors (Lipinski definition) is 1. The minimum Gasteiger partial charge on any atom is -0.493 e. The molecule has 1 fully saturated rings. The molecule has 0 spiro atoms. The highest BCUT2D eigenvalue weighted by molar-refractivity contribution is 5.46. The van der Waals surface area contributed by atoms with E-state index >= 15 is 0 Å². The number of rotatable bonds is 4. The Bertz CT molecular complexity index is 457. The normalized spacial score (nSPS) is 23.6. The van der Waals surface area contributed by atoms with E-state index in [1.165, 1.54) is 0 Å². The molecule has 0 aliphatic carbocycles. The predicted molar refractivity (Wildman–Crippen MR) is 77.2 cm³/mol. The van der Waals surface area contributed by atoms with E-state index in [-0.39, 0.29) is 23.9 Å². The third kappa shape index (κ3) is 2.91. The van der Waals surface area contributed by atoms with Gasteiger partial charge in [-0.05, 0) is 33.8 Å². The fourth-order valence-electron chi connectivity index (χ4n) is 2.82. The number of hydrogen-bond acceptors (Lipinski definition) is 4. The van der Waals surface area contributed by atoms with Crippen LogP contribution in [-0.2, 0) is 11.3 Å². The molecule has 20 heavy (non-hydrogen) atoms. The molecule has 1 aliphatic heterocycles. The topological polar surface area (TPSA) is 47.9 Å². The summed E-state index contributed by atoms with van der Waals surface area (Å²) in [5, 5.41) is 9.48. The molecule has 0 radical (unpaired) electrons. The van der Waals surface area contributed by atoms with Crippen molar-refractivity contribution < 1.29 is 19.3 Å². The van der Waals surface area contributed by atoms with Crippen molar-refractivity contribution in [2.75, 3.05) is 7.11 Å². The lowest BCUT2D eigenvalue weighted by Crippen LogP contribution is -2.37. The van der Waals surface area contributed by atoms with Crippen LogP contribution < -0.4 is 9.47 Å². The van der Waals surface area contributed by atoms with Crippen molar-refractivity contribution in [3.8, 4) is 11.5 Å². The maximum absolute atomic E-state index is 9.48. The summed E-state index contributed by atoms with van der Waals surface area (Å²) in [5.41, 5.74) is 0.136. The lowest BCUT2D eigenvalue weighted by Gasteiger charge is -2.28. The molecule has 4 nitrogen and oxygen atoms in total. The Morgan fingerprint density at radius 3 is 2.50 bits per heavy atom. The van der Waals surface area contributed by atoms with Crippen molar-refractivity contribution in [3.05, 3.63) is 23.8 Å². The van der Waals surface area contributed by atoms with Gasteiger partial charge in [0, 0.05) is 12.0 Å². The molecule has 0 bridgehead atoms. The first-order valence-electron chi connectivity index (χ1n) is 6.92. The van der Waals surface area contributed by atoms with Gasteiger partial charge in [-0.1, -0.05) is 12.1 Å². The highest BCUT2D eigenvalue weighted by Crippen LogP contribution is 2.42. The summed E-state index contributed by atoms with van der Waals surface area (Å²) in [6, 6.07) is 5.52. The summed E-state index contributed by atoms with van der Waals surface area (Å²) >= 11 is 0. The van der Waals surface area contributed by atoms with Gasteiger partial charge >= 0.3 is 0 Å². The average Bonchev–Trinajstić information content (AvgIpc) is 2.57. The molecule has 1 aromatic rings. The first-order valence-corrected chi connectivity index (χ1v) is 6.92. The third-order valence-corrected chi connectivity index (χ3v) is 3.70. The summed E-state index contributed by atoms with van der Waals surface area (Å²) in [6.07, 6.45) is 0.710. The molecule has 1 saturated heterocycles. The van der Waals surface area contributed by atoms with E-state index < -0.39 is 0 Å². The molecular formula is C16H24O4. The Balaban J connectivity index is 2.30. The van der Waals surface area contributed by atoms with E-state index in [2.05, 4.69) is 13.8 Å². The van der Waals surface area contributed by atoms with Crippen molar-refractivity contribution in [3.63, 3.8) is 0 Å². The molecule has 1 aliphatic rings. The number of methoxy groups -OCH3 is 1. The van der Waals surface area contributed by atoms with Crippen molar-refractivity contribution >= 4 is 0 Å². The summed E-state index contributed by atoms with van der Waals surface area (Å²) in [4.78, 5) is 0. The highest BCUT2D eigenvalue weighted by atomic mass is 16.6. The Hall–Kier alpha value is -1.26. The van der Waals surface area contributed by atoms with E-state index in [1.807, 2.05) is 32.0 Å². The minimum atomic E-state index is -0.378. The SMILES string of the molecule is COc1cccc(CO)c1OC1CC(C)(C)OC1(C)C. The van der Waals surface area contributed by atoms with Crippen molar-refractivity contribution in [1.82, 2.24) is 0 Å². The van der Waals surface area contributed by atoms with Gasteiger partial charge in [0.2, 0.25) is 0 Å².